The Labute approximate surface area is 157 Å². The highest BCUT2D eigenvalue weighted by Gasteiger charge is 2.32. The zero-order valence-electron chi connectivity index (χ0n) is 15.5. The maximum Gasteiger partial charge on any atom is 0.254 e. The summed E-state index contributed by atoms with van der Waals surface area (Å²) in [6, 6.07) is 4.26. The minimum absolute atomic E-state index is 0.159. The van der Waals surface area contributed by atoms with Crippen LogP contribution in [0.15, 0.2) is 18.2 Å². The molecular formula is C18H25FN6O2. The second-order valence-corrected chi connectivity index (χ2v) is 6.69. The molecule has 1 atom stereocenters. The Hall–Kier alpha value is -2.81. The first-order chi connectivity index (χ1) is 12.9. The van der Waals surface area contributed by atoms with E-state index in [1.54, 1.807) is 13.1 Å². The molecular weight excluding hydrogens is 351 g/mol. The highest BCUT2D eigenvalue weighted by Crippen LogP contribution is 2.38. The van der Waals surface area contributed by atoms with Gasteiger partial charge in [0.05, 0.1) is 12.2 Å². The normalized spacial score (nSPS) is 18.3. The van der Waals surface area contributed by atoms with Crippen molar-refractivity contribution in [1.82, 2.24) is 15.1 Å². The molecule has 1 aromatic carbocycles. The number of benzene rings is 1. The molecule has 2 aromatic rings. The van der Waals surface area contributed by atoms with Gasteiger partial charge in [-0.15, -0.1) is 0 Å². The van der Waals surface area contributed by atoms with Crippen molar-refractivity contribution >= 4 is 17.4 Å². The molecule has 0 saturated carbocycles. The minimum Gasteiger partial charge on any atom is -0.480 e. The Kier molecular flexibility index (Phi) is 5.50. The maximum atomic E-state index is 13.3. The predicted octanol–water partition coefficient (Wildman–Crippen LogP) is 1.18. The standard InChI is InChI=1S/C14H16FN5O2.C4H9N/c1-19-6-10(22-9-4-3-7(15)5-8(9)19)12-11(14(17)21)13(16)20(2)18-12;1-2-4-5-3-1/h3-5,10H,6,16H2,1-2H3,(H2,17,21);5H,1-4H2. The topological polar surface area (TPSA) is 111 Å². The molecule has 4 rings (SSSR count). The number of anilines is 2. The Bertz CT molecular complexity index is 826. The number of fused-ring (bicyclic) bond motifs is 1. The van der Waals surface area contributed by atoms with Crippen LogP contribution in [0.2, 0.25) is 0 Å². The van der Waals surface area contributed by atoms with Crippen molar-refractivity contribution in [2.24, 2.45) is 12.8 Å². The summed E-state index contributed by atoms with van der Waals surface area (Å²) in [6.07, 6.45) is 2.26. The SMILES string of the molecule is C1CCNC1.CN1CC(c2nn(C)c(N)c2C(N)=O)Oc2ccc(F)cc21. The summed E-state index contributed by atoms with van der Waals surface area (Å²) in [6.45, 7) is 2.90. The minimum atomic E-state index is -0.656. The number of ether oxygens (including phenoxy) is 1. The molecule has 27 heavy (non-hydrogen) atoms. The van der Waals surface area contributed by atoms with Gasteiger partial charge in [0, 0.05) is 20.2 Å². The van der Waals surface area contributed by atoms with Crippen LogP contribution in [0, 0.1) is 5.82 Å². The summed E-state index contributed by atoms with van der Waals surface area (Å²) in [5.41, 5.74) is 12.4. The summed E-state index contributed by atoms with van der Waals surface area (Å²) >= 11 is 0. The lowest BCUT2D eigenvalue weighted by Crippen LogP contribution is -2.33. The van der Waals surface area contributed by atoms with Crippen molar-refractivity contribution in [2.45, 2.75) is 18.9 Å². The Morgan fingerprint density at radius 2 is 2.04 bits per heavy atom. The monoisotopic (exact) mass is 376 g/mol. The van der Waals surface area contributed by atoms with Crippen molar-refractivity contribution < 1.29 is 13.9 Å². The van der Waals surface area contributed by atoms with E-state index in [1.807, 2.05) is 11.9 Å². The number of carbonyl (C=O) groups is 1. The van der Waals surface area contributed by atoms with E-state index < -0.39 is 12.0 Å². The fourth-order valence-corrected chi connectivity index (χ4v) is 3.23. The number of likely N-dealkylation sites (N-methyl/N-ethyl adjacent to an activating group) is 1. The lowest BCUT2D eigenvalue weighted by molar-refractivity contribution is 0.0995. The maximum absolute atomic E-state index is 13.3. The number of aryl methyl sites for hydroxylation is 1. The molecule has 0 radical (unpaired) electrons. The predicted molar refractivity (Wildman–Crippen MR) is 101 cm³/mol. The van der Waals surface area contributed by atoms with Crippen LogP contribution in [-0.4, -0.2) is 42.4 Å². The van der Waals surface area contributed by atoms with Gasteiger partial charge in [-0.1, -0.05) is 0 Å². The van der Waals surface area contributed by atoms with Gasteiger partial charge < -0.3 is 26.4 Å². The van der Waals surface area contributed by atoms with Gasteiger partial charge in [-0.05, 0) is 38.1 Å². The van der Waals surface area contributed by atoms with Crippen molar-refractivity contribution in [3.05, 3.63) is 35.3 Å². The number of nitrogen functional groups attached to an aromatic ring is 1. The smallest absolute Gasteiger partial charge is 0.254 e. The molecule has 8 nitrogen and oxygen atoms in total. The van der Waals surface area contributed by atoms with E-state index in [4.69, 9.17) is 16.2 Å². The number of hydrogen-bond acceptors (Lipinski definition) is 6. The molecule has 1 amide bonds. The lowest BCUT2D eigenvalue weighted by Gasteiger charge is -2.33. The van der Waals surface area contributed by atoms with Crippen molar-refractivity contribution in [3.63, 3.8) is 0 Å². The Morgan fingerprint density at radius 3 is 2.63 bits per heavy atom. The molecule has 1 fully saturated rings. The van der Waals surface area contributed by atoms with Gasteiger partial charge in [0.1, 0.15) is 28.6 Å². The van der Waals surface area contributed by atoms with Crippen molar-refractivity contribution in [2.75, 3.05) is 37.3 Å². The lowest BCUT2D eigenvalue weighted by atomic mass is 10.1. The number of rotatable bonds is 2. The number of carbonyl (C=O) groups excluding carboxylic acids is 1. The van der Waals surface area contributed by atoms with Crippen LogP contribution in [0.3, 0.4) is 0 Å². The summed E-state index contributed by atoms with van der Waals surface area (Å²) in [7, 11) is 3.44. The first-order valence-corrected chi connectivity index (χ1v) is 8.88. The van der Waals surface area contributed by atoms with Crippen LogP contribution >= 0.6 is 0 Å². The van der Waals surface area contributed by atoms with E-state index in [0.717, 1.165) is 0 Å². The van der Waals surface area contributed by atoms with E-state index in [2.05, 4.69) is 10.4 Å². The van der Waals surface area contributed by atoms with Gasteiger partial charge >= 0.3 is 0 Å². The highest BCUT2D eigenvalue weighted by atomic mass is 19.1. The van der Waals surface area contributed by atoms with Gasteiger partial charge in [0.2, 0.25) is 0 Å². The number of halogens is 1. The molecule has 1 aromatic heterocycles. The van der Waals surface area contributed by atoms with E-state index >= 15 is 0 Å². The van der Waals surface area contributed by atoms with E-state index in [0.29, 0.717) is 23.7 Å². The quantitative estimate of drug-likeness (QED) is 0.726. The number of nitrogens with zero attached hydrogens (tertiary/aromatic N) is 3. The van der Waals surface area contributed by atoms with Gasteiger partial charge in [-0.3, -0.25) is 9.48 Å². The van der Waals surface area contributed by atoms with Crippen molar-refractivity contribution in [1.29, 1.82) is 0 Å². The number of hydrogen-bond donors (Lipinski definition) is 3. The molecule has 5 N–H and O–H groups in total. The van der Waals surface area contributed by atoms with Gasteiger partial charge in [0.25, 0.3) is 5.91 Å². The Morgan fingerprint density at radius 1 is 1.33 bits per heavy atom. The van der Waals surface area contributed by atoms with Gasteiger partial charge in [0.15, 0.2) is 6.10 Å². The largest absolute Gasteiger partial charge is 0.480 e. The number of nitrogens with one attached hydrogen (secondary N) is 1. The first-order valence-electron chi connectivity index (χ1n) is 8.88. The van der Waals surface area contributed by atoms with Crippen LogP contribution in [0.1, 0.15) is 35.0 Å². The second-order valence-electron chi connectivity index (χ2n) is 6.69. The third-order valence-electron chi connectivity index (χ3n) is 4.67. The highest BCUT2D eigenvalue weighted by molar-refractivity contribution is 5.98. The molecule has 3 heterocycles. The number of primary amides is 1. The van der Waals surface area contributed by atoms with Crippen LogP contribution in [0.25, 0.3) is 0 Å². The summed E-state index contributed by atoms with van der Waals surface area (Å²) in [5, 5.41) is 7.47. The summed E-state index contributed by atoms with van der Waals surface area (Å²) < 4.78 is 20.6. The molecule has 2 aliphatic heterocycles. The van der Waals surface area contributed by atoms with Crippen molar-refractivity contribution in [3.8, 4) is 5.75 Å². The van der Waals surface area contributed by atoms with E-state index in [-0.39, 0.29) is 17.2 Å². The molecule has 0 aliphatic carbocycles. The van der Waals surface area contributed by atoms with E-state index in [9.17, 15) is 9.18 Å². The number of amides is 1. The Balaban J connectivity index is 0.000000364. The first kappa shape index (κ1) is 19.0. The molecule has 1 unspecified atom stereocenters. The number of aromatic nitrogens is 2. The van der Waals surface area contributed by atoms with Crippen LogP contribution in [0.4, 0.5) is 15.9 Å². The third-order valence-corrected chi connectivity index (χ3v) is 4.67. The molecule has 0 bridgehead atoms. The molecule has 9 heteroatoms. The molecule has 0 spiro atoms. The molecule has 2 aliphatic rings. The third kappa shape index (κ3) is 3.97. The van der Waals surface area contributed by atoms with Crippen LogP contribution < -0.4 is 26.4 Å². The zero-order chi connectivity index (χ0) is 19.6. The fraction of sp³-hybridized carbons (Fsp3) is 0.444. The summed E-state index contributed by atoms with van der Waals surface area (Å²) in [4.78, 5) is 13.5. The van der Waals surface area contributed by atoms with Gasteiger partial charge in [-0.2, -0.15) is 5.10 Å². The molecule has 146 valence electrons. The zero-order valence-corrected chi connectivity index (χ0v) is 15.5. The number of nitrogens with two attached hydrogens (primary N) is 2. The van der Waals surface area contributed by atoms with Crippen LogP contribution in [-0.2, 0) is 7.05 Å². The van der Waals surface area contributed by atoms with Gasteiger partial charge in [-0.25, -0.2) is 4.39 Å². The average molecular weight is 376 g/mol. The second kappa shape index (κ2) is 7.83. The van der Waals surface area contributed by atoms with E-state index in [1.165, 1.54) is 42.7 Å². The fourth-order valence-electron chi connectivity index (χ4n) is 3.23. The van der Waals surface area contributed by atoms with Crippen LogP contribution in [0.5, 0.6) is 5.75 Å². The average Bonchev–Trinajstić information content (AvgIpc) is 3.28. The molecule has 1 saturated heterocycles. The summed E-state index contributed by atoms with van der Waals surface area (Å²) in [5.74, 6) is -0.289.